The number of hydrogen-bond acceptors (Lipinski definition) is 6. The monoisotopic (exact) mass is 422 g/mol. The van der Waals surface area contributed by atoms with Gasteiger partial charge in [0.05, 0.1) is 6.21 Å². The molecular formula is C26H26N6. The van der Waals surface area contributed by atoms with Crippen LogP contribution in [0.2, 0.25) is 0 Å². The van der Waals surface area contributed by atoms with Gasteiger partial charge in [-0.2, -0.15) is 5.10 Å². The number of hydrazone groups is 1. The molecule has 0 unspecified atom stereocenters. The van der Waals surface area contributed by atoms with E-state index >= 15 is 0 Å². The van der Waals surface area contributed by atoms with Crippen molar-refractivity contribution in [2.45, 2.75) is 13.8 Å². The average Bonchev–Trinajstić information content (AvgIpc) is 2.87. The van der Waals surface area contributed by atoms with E-state index in [0.717, 1.165) is 41.2 Å². The van der Waals surface area contributed by atoms with Gasteiger partial charge in [-0.3, -0.25) is 0 Å². The molecule has 0 amide bonds. The third-order valence-corrected chi connectivity index (χ3v) is 5.18. The number of benzene rings is 3. The molecule has 0 aliphatic rings. The topological polar surface area (TPSA) is 66.3 Å². The Morgan fingerprint density at radius 1 is 0.750 bits per heavy atom. The van der Waals surface area contributed by atoms with Crippen LogP contribution in [0.3, 0.4) is 0 Å². The predicted octanol–water partition coefficient (Wildman–Crippen LogP) is 5.50. The average molecular weight is 423 g/mol. The second-order valence-electron chi connectivity index (χ2n) is 7.20. The molecule has 0 spiro atoms. The largest absolute Gasteiger partial charge is 0.372 e. The van der Waals surface area contributed by atoms with Gasteiger partial charge in [0, 0.05) is 29.9 Å². The summed E-state index contributed by atoms with van der Waals surface area (Å²) < 4.78 is 0. The van der Waals surface area contributed by atoms with E-state index in [1.54, 1.807) is 6.21 Å². The minimum absolute atomic E-state index is 0.347. The van der Waals surface area contributed by atoms with Crippen molar-refractivity contribution in [1.82, 2.24) is 15.2 Å². The van der Waals surface area contributed by atoms with E-state index in [-0.39, 0.29) is 0 Å². The molecule has 32 heavy (non-hydrogen) atoms. The molecule has 0 saturated heterocycles. The van der Waals surface area contributed by atoms with Crippen LogP contribution in [0.5, 0.6) is 0 Å². The Labute approximate surface area is 188 Å². The van der Waals surface area contributed by atoms with Gasteiger partial charge in [0.2, 0.25) is 0 Å². The van der Waals surface area contributed by atoms with Crippen molar-refractivity contribution in [3.63, 3.8) is 0 Å². The first-order chi connectivity index (χ1) is 15.8. The van der Waals surface area contributed by atoms with Gasteiger partial charge < -0.3 is 4.90 Å². The highest BCUT2D eigenvalue weighted by atomic mass is 15.4. The van der Waals surface area contributed by atoms with E-state index in [0.29, 0.717) is 5.95 Å². The van der Waals surface area contributed by atoms with Crippen molar-refractivity contribution < 1.29 is 0 Å². The lowest BCUT2D eigenvalue weighted by molar-refractivity contribution is 0.866. The van der Waals surface area contributed by atoms with Crippen molar-refractivity contribution >= 4 is 17.9 Å². The molecule has 0 radical (unpaired) electrons. The van der Waals surface area contributed by atoms with Gasteiger partial charge in [0.15, 0.2) is 0 Å². The number of nitrogens with one attached hydrogen (secondary N) is 1. The van der Waals surface area contributed by atoms with Gasteiger partial charge >= 0.3 is 0 Å². The van der Waals surface area contributed by atoms with Crippen LogP contribution in [-0.2, 0) is 0 Å². The minimum atomic E-state index is 0.347. The molecule has 160 valence electrons. The summed E-state index contributed by atoms with van der Waals surface area (Å²) in [6, 6.07) is 28.2. The fourth-order valence-corrected chi connectivity index (χ4v) is 3.49. The highest BCUT2D eigenvalue weighted by Crippen LogP contribution is 2.28. The summed E-state index contributed by atoms with van der Waals surface area (Å²) >= 11 is 0. The molecule has 1 heterocycles. The summed E-state index contributed by atoms with van der Waals surface area (Å²) in [5.74, 6) is 0.347. The van der Waals surface area contributed by atoms with Crippen molar-refractivity contribution in [2.75, 3.05) is 23.4 Å². The first-order valence-electron chi connectivity index (χ1n) is 10.8. The highest BCUT2D eigenvalue weighted by Gasteiger charge is 2.13. The third-order valence-electron chi connectivity index (χ3n) is 5.18. The zero-order valence-electron chi connectivity index (χ0n) is 18.3. The smallest absolute Gasteiger partial charge is 0.263 e. The van der Waals surface area contributed by atoms with E-state index in [1.165, 1.54) is 5.69 Å². The van der Waals surface area contributed by atoms with Crippen LogP contribution in [0.15, 0.2) is 90.0 Å². The molecule has 0 aliphatic carbocycles. The van der Waals surface area contributed by atoms with Gasteiger partial charge in [-0.25, -0.2) is 10.4 Å². The van der Waals surface area contributed by atoms with Gasteiger partial charge in [-0.05, 0) is 31.5 Å². The fraction of sp³-hybridized carbons (Fsp3) is 0.154. The Hall–Kier alpha value is -4.06. The lowest BCUT2D eigenvalue weighted by atomic mass is 10.0. The van der Waals surface area contributed by atoms with E-state index < -0.39 is 0 Å². The third kappa shape index (κ3) is 4.98. The molecule has 4 rings (SSSR count). The second kappa shape index (κ2) is 10.3. The molecular weight excluding hydrogens is 396 g/mol. The van der Waals surface area contributed by atoms with Crippen molar-refractivity contribution in [2.24, 2.45) is 5.10 Å². The molecule has 6 heteroatoms. The fourth-order valence-electron chi connectivity index (χ4n) is 3.49. The molecule has 4 aromatic rings. The van der Waals surface area contributed by atoms with E-state index in [9.17, 15) is 0 Å². The van der Waals surface area contributed by atoms with Crippen LogP contribution in [-0.4, -0.2) is 34.5 Å². The highest BCUT2D eigenvalue weighted by molar-refractivity contribution is 5.81. The van der Waals surface area contributed by atoms with E-state index in [1.807, 2.05) is 72.8 Å². The molecule has 1 N–H and O–H groups in total. The molecule has 6 nitrogen and oxygen atoms in total. The summed E-state index contributed by atoms with van der Waals surface area (Å²) in [6.45, 7) is 6.28. The van der Waals surface area contributed by atoms with Gasteiger partial charge in [0.1, 0.15) is 11.4 Å². The van der Waals surface area contributed by atoms with Crippen LogP contribution >= 0.6 is 0 Å². The zero-order chi connectivity index (χ0) is 22.2. The molecule has 0 atom stereocenters. The quantitative estimate of drug-likeness (QED) is 0.300. The SMILES string of the molecule is CCN(CC)c1ccc(C=NNc2nnc(-c3ccccc3)c(-c3ccccc3)n2)cc1. The van der Waals surface area contributed by atoms with Crippen LogP contribution in [0.4, 0.5) is 11.6 Å². The Kier molecular flexibility index (Phi) is 6.82. The lowest BCUT2D eigenvalue weighted by Gasteiger charge is -2.20. The first kappa shape index (κ1) is 21.2. The molecule has 1 aromatic heterocycles. The van der Waals surface area contributed by atoms with Crippen LogP contribution in [0.25, 0.3) is 22.5 Å². The molecule has 0 bridgehead atoms. The van der Waals surface area contributed by atoms with Crippen LogP contribution in [0, 0.1) is 0 Å². The number of aromatic nitrogens is 3. The number of nitrogens with zero attached hydrogens (tertiary/aromatic N) is 5. The summed E-state index contributed by atoms with van der Waals surface area (Å²) in [5.41, 5.74) is 8.54. The molecule has 0 fully saturated rings. The lowest BCUT2D eigenvalue weighted by Crippen LogP contribution is -2.21. The zero-order valence-corrected chi connectivity index (χ0v) is 18.3. The summed E-state index contributed by atoms with van der Waals surface area (Å²) in [4.78, 5) is 7.01. The Morgan fingerprint density at radius 2 is 1.34 bits per heavy atom. The van der Waals surface area contributed by atoms with Gasteiger partial charge in [-0.1, -0.05) is 72.8 Å². The number of rotatable bonds is 8. The maximum Gasteiger partial charge on any atom is 0.263 e. The van der Waals surface area contributed by atoms with Gasteiger partial charge in [0.25, 0.3) is 5.95 Å². The summed E-state index contributed by atoms with van der Waals surface area (Å²) in [7, 11) is 0. The van der Waals surface area contributed by atoms with Crippen LogP contribution < -0.4 is 10.3 Å². The Balaban J connectivity index is 1.56. The summed E-state index contributed by atoms with van der Waals surface area (Å²) in [5, 5.41) is 13.0. The number of hydrogen-bond donors (Lipinski definition) is 1. The predicted molar refractivity (Wildman–Crippen MR) is 132 cm³/mol. The minimum Gasteiger partial charge on any atom is -0.372 e. The number of anilines is 2. The summed E-state index contributed by atoms with van der Waals surface area (Å²) in [6.07, 6.45) is 1.75. The maximum atomic E-state index is 4.70. The molecule has 0 aliphatic heterocycles. The van der Waals surface area contributed by atoms with Crippen molar-refractivity contribution in [3.05, 3.63) is 90.5 Å². The second-order valence-corrected chi connectivity index (χ2v) is 7.20. The van der Waals surface area contributed by atoms with Crippen molar-refractivity contribution in [3.8, 4) is 22.5 Å². The first-order valence-corrected chi connectivity index (χ1v) is 10.8. The van der Waals surface area contributed by atoms with Crippen LogP contribution in [0.1, 0.15) is 19.4 Å². The van der Waals surface area contributed by atoms with E-state index in [4.69, 9.17) is 4.98 Å². The standard InChI is InChI=1S/C26H26N6/c1-3-32(4-2)23-17-15-20(16-18-23)19-27-30-26-28-24(21-11-7-5-8-12-21)25(29-31-26)22-13-9-6-10-14-22/h5-19H,3-4H2,1-2H3,(H,28,30,31). The normalized spacial score (nSPS) is 10.9. The van der Waals surface area contributed by atoms with Crippen molar-refractivity contribution in [1.29, 1.82) is 0 Å². The Morgan fingerprint density at radius 3 is 1.94 bits per heavy atom. The Bertz CT molecular complexity index is 1150. The van der Waals surface area contributed by atoms with E-state index in [2.05, 4.69) is 51.6 Å². The van der Waals surface area contributed by atoms with Gasteiger partial charge in [-0.15, -0.1) is 10.2 Å². The molecule has 3 aromatic carbocycles. The maximum absolute atomic E-state index is 4.70. The molecule has 0 saturated carbocycles.